The Labute approximate surface area is 151 Å². The Morgan fingerprint density at radius 3 is 2.60 bits per heavy atom. The predicted octanol–water partition coefficient (Wildman–Crippen LogP) is 1.85. The van der Waals surface area contributed by atoms with Crippen LogP contribution in [0.15, 0.2) is 23.1 Å². The number of hydrogen-bond acceptors (Lipinski definition) is 4. The van der Waals surface area contributed by atoms with Crippen LogP contribution in [-0.4, -0.2) is 62.8 Å². The fraction of sp³-hybridized carbons (Fsp3) is 0.611. The summed E-state index contributed by atoms with van der Waals surface area (Å²) in [6.45, 7) is 7.77. The van der Waals surface area contributed by atoms with Gasteiger partial charge in [-0.15, -0.1) is 0 Å². The second kappa shape index (κ2) is 8.29. The van der Waals surface area contributed by atoms with E-state index in [0.717, 1.165) is 31.5 Å². The van der Waals surface area contributed by atoms with Crippen LogP contribution in [0.1, 0.15) is 42.6 Å². The van der Waals surface area contributed by atoms with Gasteiger partial charge in [0.15, 0.2) is 0 Å². The molecule has 1 aliphatic rings. The third-order valence-electron chi connectivity index (χ3n) is 4.86. The minimum Gasteiger partial charge on any atom is -0.334 e. The zero-order chi connectivity index (χ0) is 18.6. The van der Waals surface area contributed by atoms with Gasteiger partial charge in [0.1, 0.15) is 0 Å². The summed E-state index contributed by atoms with van der Waals surface area (Å²) in [5, 5.41) is 3.13. The third-order valence-corrected chi connectivity index (χ3v) is 6.91. The number of hydrogen-bond donors (Lipinski definition) is 1. The summed E-state index contributed by atoms with van der Waals surface area (Å²) in [6, 6.07) is 5.03. The van der Waals surface area contributed by atoms with Crippen molar-refractivity contribution in [2.75, 3.05) is 33.2 Å². The summed E-state index contributed by atoms with van der Waals surface area (Å²) in [5.74, 6) is -0.0770. The fourth-order valence-electron chi connectivity index (χ4n) is 3.41. The van der Waals surface area contributed by atoms with Gasteiger partial charge in [-0.05, 0) is 44.5 Å². The van der Waals surface area contributed by atoms with Gasteiger partial charge in [0.05, 0.1) is 4.90 Å². The minimum absolute atomic E-state index is 0.0770. The van der Waals surface area contributed by atoms with E-state index in [1.807, 2.05) is 32.7 Å². The van der Waals surface area contributed by atoms with E-state index < -0.39 is 10.0 Å². The predicted molar refractivity (Wildman–Crippen MR) is 99.3 cm³/mol. The van der Waals surface area contributed by atoms with Gasteiger partial charge in [0, 0.05) is 37.8 Å². The van der Waals surface area contributed by atoms with Gasteiger partial charge in [-0.25, -0.2) is 8.42 Å². The maximum absolute atomic E-state index is 13.0. The second-order valence-corrected chi connectivity index (χ2v) is 8.36. The molecule has 1 N–H and O–H groups in total. The minimum atomic E-state index is -3.57. The summed E-state index contributed by atoms with van der Waals surface area (Å²) in [5.41, 5.74) is 1.29. The molecular weight excluding hydrogens is 338 g/mol. The first-order valence-corrected chi connectivity index (χ1v) is 10.4. The zero-order valence-corrected chi connectivity index (χ0v) is 16.4. The molecule has 25 heavy (non-hydrogen) atoms. The van der Waals surface area contributed by atoms with Crippen LogP contribution in [0.3, 0.4) is 0 Å². The van der Waals surface area contributed by atoms with E-state index in [1.54, 1.807) is 18.2 Å². The molecule has 1 aromatic carbocycles. The second-order valence-electron chi connectivity index (χ2n) is 6.42. The molecule has 0 radical (unpaired) electrons. The van der Waals surface area contributed by atoms with Crippen LogP contribution in [-0.2, 0) is 10.0 Å². The van der Waals surface area contributed by atoms with Crippen molar-refractivity contribution in [2.24, 2.45) is 0 Å². The molecule has 6 nitrogen and oxygen atoms in total. The van der Waals surface area contributed by atoms with Crippen LogP contribution < -0.4 is 5.32 Å². The van der Waals surface area contributed by atoms with Crippen molar-refractivity contribution >= 4 is 15.9 Å². The van der Waals surface area contributed by atoms with Gasteiger partial charge >= 0.3 is 0 Å². The van der Waals surface area contributed by atoms with Crippen molar-refractivity contribution in [2.45, 2.75) is 44.6 Å². The van der Waals surface area contributed by atoms with E-state index in [4.69, 9.17) is 0 Å². The van der Waals surface area contributed by atoms with E-state index in [1.165, 1.54) is 4.31 Å². The SMILES string of the molecule is CCN(CC)S(=O)(=O)c1ccc(C)c(C(=O)N2CCCC2CNC)c1. The molecule has 0 aliphatic carbocycles. The number of carbonyl (C=O) groups excluding carboxylic acids is 1. The van der Waals surface area contributed by atoms with E-state index in [2.05, 4.69) is 5.32 Å². The lowest BCUT2D eigenvalue weighted by Gasteiger charge is -2.26. The molecule has 1 saturated heterocycles. The Kier molecular flexibility index (Phi) is 6.59. The smallest absolute Gasteiger partial charge is 0.254 e. The number of nitrogens with one attached hydrogen (secondary N) is 1. The molecule has 2 rings (SSSR count). The highest BCUT2D eigenvalue weighted by atomic mass is 32.2. The highest BCUT2D eigenvalue weighted by Crippen LogP contribution is 2.24. The van der Waals surface area contributed by atoms with E-state index in [-0.39, 0.29) is 16.8 Å². The van der Waals surface area contributed by atoms with Crippen LogP contribution in [0.25, 0.3) is 0 Å². The average molecular weight is 368 g/mol. The Hall–Kier alpha value is -1.44. The standard InChI is InChI=1S/C18H29N3O3S/c1-5-20(6-2)25(23,24)16-10-9-14(3)17(12-16)18(22)21-11-7-8-15(21)13-19-4/h9-10,12,15,19H,5-8,11,13H2,1-4H3. The maximum Gasteiger partial charge on any atom is 0.254 e. The van der Waals surface area contributed by atoms with Gasteiger partial charge in [-0.1, -0.05) is 19.9 Å². The molecule has 1 fully saturated rings. The summed E-state index contributed by atoms with van der Waals surface area (Å²) in [6.07, 6.45) is 1.96. The molecule has 1 aliphatic heterocycles. The Morgan fingerprint density at radius 2 is 2.00 bits per heavy atom. The number of nitrogens with zero attached hydrogens (tertiary/aromatic N) is 2. The summed E-state index contributed by atoms with van der Waals surface area (Å²) in [7, 11) is -1.69. The number of sulfonamides is 1. The number of carbonyl (C=O) groups is 1. The molecule has 0 aromatic heterocycles. The van der Waals surface area contributed by atoms with Gasteiger partial charge < -0.3 is 10.2 Å². The van der Waals surface area contributed by atoms with Crippen molar-refractivity contribution in [3.63, 3.8) is 0 Å². The fourth-order valence-corrected chi connectivity index (χ4v) is 4.89. The van der Waals surface area contributed by atoms with Crippen molar-refractivity contribution < 1.29 is 13.2 Å². The lowest BCUT2D eigenvalue weighted by molar-refractivity contribution is 0.0736. The lowest BCUT2D eigenvalue weighted by Crippen LogP contribution is -2.41. The number of rotatable bonds is 7. The molecule has 0 saturated carbocycles. The van der Waals surface area contributed by atoms with E-state index >= 15 is 0 Å². The Balaban J connectivity index is 2.38. The summed E-state index contributed by atoms with van der Waals surface area (Å²) >= 11 is 0. The normalized spacial score (nSPS) is 18.1. The topological polar surface area (TPSA) is 69.7 Å². The maximum atomic E-state index is 13.0. The Morgan fingerprint density at radius 1 is 1.32 bits per heavy atom. The van der Waals surface area contributed by atoms with Crippen molar-refractivity contribution in [3.8, 4) is 0 Å². The van der Waals surface area contributed by atoms with Crippen molar-refractivity contribution in [3.05, 3.63) is 29.3 Å². The monoisotopic (exact) mass is 367 g/mol. The molecule has 1 heterocycles. The van der Waals surface area contributed by atoms with Gasteiger partial charge in [-0.2, -0.15) is 4.31 Å². The summed E-state index contributed by atoms with van der Waals surface area (Å²) in [4.78, 5) is 15.1. The van der Waals surface area contributed by atoms with Crippen LogP contribution in [0.5, 0.6) is 0 Å². The highest BCUT2D eigenvalue weighted by molar-refractivity contribution is 7.89. The first-order valence-electron chi connectivity index (χ1n) is 8.93. The number of likely N-dealkylation sites (tertiary alicyclic amines) is 1. The van der Waals surface area contributed by atoms with Crippen molar-refractivity contribution in [1.29, 1.82) is 0 Å². The van der Waals surface area contributed by atoms with Gasteiger partial charge in [0.2, 0.25) is 10.0 Å². The van der Waals surface area contributed by atoms with E-state index in [9.17, 15) is 13.2 Å². The number of aryl methyl sites for hydroxylation is 1. The van der Waals surface area contributed by atoms with Crippen LogP contribution in [0.2, 0.25) is 0 Å². The lowest BCUT2D eigenvalue weighted by atomic mass is 10.1. The molecule has 0 spiro atoms. The number of benzene rings is 1. The molecule has 1 unspecified atom stereocenters. The average Bonchev–Trinajstić information content (AvgIpc) is 3.04. The first kappa shape index (κ1) is 19.9. The largest absolute Gasteiger partial charge is 0.334 e. The van der Waals surface area contributed by atoms with Crippen LogP contribution in [0, 0.1) is 6.92 Å². The van der Waals surface area contributed by atoms with Gasteiger partial charge in [0.25, 0.3) is 5.91 Å². The molecule has 1 amide bonds. The number of likely N-dealkylation sites (N-methyl/N-ethyl adjacent to an activating group) is 1. The molecule has 7 heteroatoms. The molecule has 0 bridgehead atoms. The first-order chi connectivity index (χ1) is 11.9. The molecular formula is C18H29N3O3S. The quantitative estimate of drug-likeness (QED) is 0.798. The highest BCUT2D eigenvalue weighted by Gasteiger charge is 2.31. The van der Waals surface area contributed by atoms with Crippen LogP contribution in [0.4, 0.5) is 0 Å². The van der Waals surface area contributed by atoms with Crippen LogP contribution >= 0.6 is 0 Å². The molecule has 140 valence electrons. The van der Waals surface area contributed by atoms with E-state index in [0.29, 0.717) is 18.7 Å². The van der Waals surface area contributed by atoms with Gasteiger partial charge in [-0.3, -0.25) is 4.79 Å². The molecule has 1 atom stereocenters. The molecule has 1 aromatic rings. The van der Waals surface area contributed by atoms with Crippen molar-refractivity contribution in [1.82, 2.24) is 14.5 Å². The Bertz CT molecular complexity index is 714. The summed E-state index contributed by atoms with van der Waals surface area (Å²) < 4.78 is 26.9. The number of amides is 1. The third kappa shape index (κ3) is 4.04. The zero-order valence-electron chi connectivity index (χ0n) is 15.6.